The minimum Gasteiger partial charge on any atom is -0.505 e. The normalized spacial score (nSPS) is 11.4. The lowest BCUT2D eigenvalue weighted by molar-refractivity contribution is 0.326. The Hall–Kier alpha value is -0.920. The zero-order valence-corrected chi connectivity index (χ0v) is 5.59. The molecule has 52 valence electrons. The fourth-order valence-corrected chi connectivity index (χ4v) is 0.399. The number of allylic oxidation sites excluding steroid dienone is 1. The van der Waals surface area contributed by atoms with Crippen LogP contribution in [0.4, 0.5) is 0 Å². The van der Waals surface area contributed by atoms with Crippen molar-refractivity contribution in [3.8, 4) is 0 Å². The van der Waals surface area contributed by atoms with E-state index in [9.17, 15) is 0 Å². The summed E-state index contributed by atoms with van der Waals surface area (Å²) >= 11 is 0. The van der Waals surface area contributed by atoms with Crippen molar-refractivity contribution >= 4 is 0 Å². The standard InChI is InChI=1S/C7H12O2/c1-3-4-5-7(9)6(2)8/h5,8-9H,2-4H2,1H3/b7-5+. The smallest absolute Gasteiger partial charge is 0.152 e. The molecule has 0 aromatic carbocycles. The third kappa shape index (κ3) is 3.64. The first kappa shape index (κ1) is 8.08. The van der Waals surface area contributed by atoms with E-state index >= 15 is 0 Å². The lowest BCUT2D eigenvalue weighted by Gasteiger charge is -1.93. The third-order valence-corrected chi connectivity index (χ3v) is 0.922. The summed E-state index contributed by atoms with van der Waals surface area (Å²) in [6.45, 7) is 5.14. The number of unbranched alkanes of at least 4 members (excludes halogenated alkanes) is 1. The Balaban J connectivity index is 3.69. The molecule has 0 saturated carbocycles. The summed E-state index contributed by atoms with van der Waals surface area (Å²) in [5.41, 5.74) is 0. The molecule has 0 aromatic heterocycles. The van der Waals surface area contributed by atoms with Gasteiger partial charge >= 0.3 is 0 Å². The fraction of sp³-hybridized carbons (Fsp3) is 0.429. The predicted molar refractivity (Wildman–Crippen MR) is 37.4 cm³/mol. The van der Waals surface area contributed by atoms with Crippen LogP contribution in [0, 0.1) is 0 Å². The molecule has 0 spiro atoms. The summed E-state index contributed by atoms with van der Waals surface area (Å²) in [4.78, 5) is 0. The molecule has 0 aromatic rings. The van der Waals surface area contributed by atoms with E-state index in [0.717, 1.165) is 12.8 Å². The topological polar surface area (TPSA) is 40.5 Å². The number of hydrogen-bond acceptors (Lipinski definition) is 2. The van der Waals surface area contributed by atoms with E-state index in [4.69, 9.17) is 10.2 Å². The summed E-state index contributed by atoms with van der Waals surface area (Å²) < 4.78 is 0. The molecule has 9 heavy (non-hydrogen) atoms. The number of hydrogen-bond donors (Lipinski definition) is 2. The van der Waals surface area contributed by atoms with Crippen LogP contribution in [0.2, 0.25) is 0 Å². The lowest BCUT2D eigenvalue weighted by atomic mass is 10.3. The van der Waals surface area contributed by atoms with Crippen LogP contribution in [-0.2, 0) is 0 Å². The summed E-state index contributed by atoms with van der Waals surface area (Å²) in [7, 11) is 0. The molecule has 0 radical (unpaired) electrons. The van der Waals surface area contributed by atoms with E-state index in [1.165, 1.54) is 0 Å². The molecular formula is C7H12O2. The zero-order valence-electron chi connectivity index (χ0n) is 5.59. The van der Waals surface area contributed by atoms with Gasteiger partial charge in [0.2, 0.25) is 0 Å². The highest BCUT2D eigenvalue weighted by molar-refractivity contribution is 5.12. The molecule has 0 fully saturated rings. The minimum atomic E-state index is -0.261. The van der Waals surface area contributed by atoms with Gasteiger partial charge in [-0.25, -0.2) is 0 Å². The van der Waals surface area contributed by atoms with Crippen LogP contribution >= 0.6 is 0 Å². The van der Waals surface area contributed by atoms with Crippen molar-refractivity contribution in [1.82, 2.24) is 0 Å². The predicted octanol–water partition coefficient (Wildman–Crippen LogP) is 2.30. The summed E-state index contributed by atoms with van der Waals surface area (Å²) in [5, 5.41) is 17.3. The van der Waals surface area contributed by atoms with Crippen molar-refractivity contribution < 1.29 is 10.2 Å². The number of aliphatic hydroxyl groups excluding tert-OH is 2. The van der Waals surface area contributed by atoms with Crippen molar-refractivity contribution in [3.05, 3.63) is 24.2 Å². The van der Waals surface area contributed by atoms with E-state index < -0.39 is 0 Å². The Morgan fingerprint density at radius 2 is 2.11 bits per heavy atom. The highest BCUT2D eigenvalue weighted by Crippen LogP contribution is 2.01. The van der Waals surface area contributed by atoms with E-state index in [-0.39, 0.29) is 11.5 Å². The average molecular weight is 128 g/mol. The molecule has 2 heteroatoms. The molecule has 0 rings (SSSR count). The van der Waals surface area contributed by atoms with E-state index in [1.54, 1.807) is 6.08 Å². The van der Waals surface area contributed by atoms with Crippen molar-refractivity contribution in [2.45, 2.75) is 19.8 Å². The molecule has 0 saturated heterocycles. The number of aliphatic hydroxyl groups is 2. The second kappa shape index (κ2) is 4.01. The summed E-state index contributed by atoms with van der Waals surface area (Å²) in [6.07, 6.45) is 3.27. The van der Waals surface area contributed by atoms with Crippen LogP contribution in [0.15, 0.2) is 24.2 Å². The lowest BCUT2D eigenvalue weighted by Crippen LogP contribution is -1.83. The van der Waals surface area contributed by atoms with Crippen LogP contribution in [0.5, 0.6) is 0 Å². The molecule has 0 bridgehead atoms. The molecule has 2 nitrogen and oxygen atoms in total. The SMILES string of the molecule is C=C(O)/C(O)=C\CCC. The molecule has 0 aliphatic carbocycles. The van der Waals surface area contributed by atoms with Gasteiger partial charge in [-0.1, -0.05) is 19.9 Å². The summed E-state index contributed by atoms with van der Waals surface area (Å²) in [5.74, 6) is -0.375. The van der Waals surface area contributed by atoms with Crippen LogP contribution < -0.4 is 0 Å². The molecule has 0 aliphatic rings. The van der Waals surface area contributed by atoms with Crippen LogP contribution in [0.3, 0.4) is 0 Å². The van der Waals surface area contributed by atoms with Crippen LogP contribution in [-0.4, -0.2) is 10.2 Å². The van der Waals surface area contributed by atoms with Gasteiger partial charge < -0.3 is 10.2 Å². The van der Waals surface area contributed by atoms with Gasteiger partial charge in [0.05, 0.1) is 0 Å². The first-order valence-electron chi connectivity index (χ1n) is 2.95. The fourth-order valence-electron chi connectivity index (χ4n) is 0.399. The van der Waals surface area contributed by atoms with Gasteiger partial charge in [0.15, 0.2) is 5.76 Å². The zero-order chi connectivity index (χ0) is 7.28. The Morgan fingerprint density at radius 1 is 1.56 bits per heavy atom. The van der Waals surface area contributed by atoms with Crippen molar-refractivity contribution in [3.63, 3.8) is 0 Å². The molecular weight excluding hydrogens is 116 g/mol. The first-order chi connectivity index (χ1) is 4.18. The van der Waals surface area contributed by atoms with Gasteiger partial charge in [0.25, 0.3) is 0 Å². The maximum Gasteiger partial charge on any atom is 0.152 e. The molecule has 0 atom stereocenters. The maximum absolute atomic E-state index is 8.77. The molecule has 0 aliphatic heterocycles. The third-order valence-electron chi connectivity index (χ3n) is 0.922. The van der Waals surface area contributed by atoms with Crippen molar-refractivity contribution in [2.24, 2.45) is 0 Å². The number of rotatable bonds is 3. The van der Waals surface area contributed by atoms with Gasteiger partial charge in [0.1, 0.15) is 5.76 Å². The highest BCUT2D eigenvalue weighted by Gasteiger charge is 1.92. The van der Waals surface area contributed by atoms with Gasteiger partial charge in [-0.2, -0.15) is 0 Å². The van der Waals surface area contributed by atoms with Crippen LogP contribution in [0.25, 0.3) is 0 Å². The van der Waals surface area contributed by atoms with Crippen molar-refractivity contribution in [1.29, 1.82) is 0 Å². The first-order valence-corrected chi connectivity index (χ1v) is 2.95. The van der Waals surface area contributed by atoms with E-state index in [2.05, 4.69) is 6.58 Å². The average Bonchev–Trinajstić information content (AvgIpc) is 1.82. The molecule has 0 amide bonds. The van der Waals surface area contributed by atoms with E-state index in [0.29, 0.717) is 0 Å². The quantitative estimate of drug-likeness (QED) is 0.452. The second-order valence-electron chi connectivity index (χ2n) is 1.82. The molecule has 2 N–H and O–H groups in total. The minimum absolute atomic E-state index is 0.114. The van der Waals surface area contributed by atoms with E-state index in [1.807, 2.05) is 6.92 Å². The van der Waals surface area contributed by atoms with Crippen molar-refractivity contribution in [2.75, 3.05) is 0 Å². The largest absolute Gasteiger partial charge is 0.505 e. The van der Waals surface area contributed by atoms with Crippen LogP contribution in [0.1, 0.15) is 19.8 Å². The Morgan fingerprint density at radius 3 is 2.44 bits per heavy atom. The van der Waals surface area contributed by atoms with Gasteiger partial charge in [-0.15, -0.1) is 0 Å². The maximum atomic E-state index is 8.77. The van der Waals surface area contributed by atoms with Gasteiger partial charge in [0, 0.05) is 0 Å². The monoisotopic (exact) mass is 128 g/mol. The Kier molecular flexibility index (Phi) is 3.60. The molecule has 0 heterocycles. The second-order valence-corrected chi connectivity index (χ2v) is 1.82. The van der Waals surface area contributed by atoms with Gasteiger partial charge in [-0.05, 0) is 12.5 Å². The summed E-state index contributed by atoms with van der Waals surface area (Å²) in [6, 6.07) is 0. The highest BCUT2D eigenvalue weighted by atomic mass is 16.3. The Bertz CT molecular complexity index is 125. The van der Waals surface area contributed by atoms with Gasteiger partial charge in [-0.3, -0.25) is 0 Å². The Labute approximate surface area is 55.1 Å². The molecule has 0 unspecified atom stereocenters.